The van der Waals surface area contributed by atoms with Crippen LogP contribution < -0.4 is 10.6 Å². The van der Waals surface area contributed by atoms with Gasteiger partial charge in [-0.3, -0.25) is 9.59 Å². The van der Waals surface area contributed by atoms with Crippen molar-refractivity contribution < 1.29 is 9.59 Å². The Kier molecular flexibility index (Phi) is 5.22. The Bertz CT molecular complexity index is 529. The molecule has 120 valence electrons. The summed E-state index contributed by atoms with van der Waals surface area (Å²) in [7, 11) is 0. The molecule has 1 aromatic rings. The Hall–Kier alpha value is -1.84. The first-order valence-corrected chi connectivity index (χ1v) is 8.10. The molecule has 0 radical (unpaired) electrons. The Morgan fingerprint density at radius 3 is 2.05 bits per heavy atom. The number of nitrogens with one attached hydrogen (secondary N) is 2. The van der Waals surface area contributed by atoms with E-state index in [1.807, 2.05) is 45.0 Å². The summed E-state index contributed by atoms with van der Waals surface area (Å²) in [5, 5.41) is 5.85. The molecule has 1 fully saturated rings. The maximum atomic E-state index is 12.3. The van der Waals surface area contributed by atoms with Gasteiger partial charge < -0.3 is 10.6 Å². The van der Waals surface area contributed by atoms with Gasteiger partial charge in [0.15, 0.2) is 0 Å². The molecule has 0 aromatic heterocycles. The van der Waals surface area contributed by atoms with E-state index in [0.717, 1.165) is 37.1 Å². The van der Waals surface area contributed by atoms with Crippen molar-refractivity contribution in [2.24, 2.45) is 11.3 Å². The molecule has 22 heavy (non-hydrogen) atoms. The molecule has 0 aliphatic heterocycles. The second-order valence-electron chi connectivity index (χ2n) is 6.95. The Labute approximate surface area is 132 Å². The highest BCUT2D eigenvalue weighted by atomic mass is 16.2. The molecule has 2 rings (SSSR count). The van der Waals surface area contributed by atoms with Crippen molar-refractivity contribution in [2.75, 3.05) is 10.6 Å². The largest absolute Gasteiger partial charge is 0.326 e. The molecule has 1 aromatic carbocycles. The topological polar surface area (TPSA) is 58.2 Å². The highest BCUT2D eigenvalue weighted by Crippen LogP contribution is 2.38. The monoisotopic (exact) mass is 302 g/mol. The van der Waals surface area contributed by atoms with Gasteiger partial charge in [0.1, 0.15) is 0 Å². The van der Waals surface area contributed by atoms with E-state index in [-0.39, 0.29) is 17.2 Å². The van der Waals surface area contributed by atoms with E-state index in [1.165, 1.54) is 0 Å². The van der Waals surface area contributed by atoms with E-state index in [0.29, 0.717) is 12.3 Å². The lowest BCUT2D eigenvalue weighted by Gasteiger charge is -2.22. The molecule has 0 spiro atoms. The van der Waals surface area contributed by atoms with Gasteiger partial charge in [-0.1, -0.05) is 33.6 Å². The summed E-state index contributed by atoms with van der Waals surface area (Å²) < 4.78 is 0. The fraction of sp³-hybridized carbons (Fsp3) is 0.556. The molecule has 2 N–H and O–H groups in total. The Morgan fingerprint density at radius 2 is 1.55 bits per heavy atom. The van der Waals surface area contributed by atoms with E-state index in [9.17, 15) is 9.59 Å². The third-order valence-corrected chi connectivity index (χ3v) is 4.28. The van der Waals surface area contributed by atoms with E-state index in [1.54, 1.807) is 0 Å². The molecule has 0 saturated heterocycles. The van der Waals surface area contributed by atoms with Gasteiger partial charge in [0, 0.05) is 23.2 Å². The standard InChI is InChI=1S/C18H26N2O2/c1-13(2)12-16(21)19-14-6-8-15(9-7-14)20-17(22)18(3)10-4-5-11-18/h6-9,13H,4-5,10-12H2,1-3H3,(H,19,21)(H,20,22). The van der Waals surface area contributed by atoms with Gasteiger partial charge in [-0.05, 0) is 43.0 Å². The van der Waals surface area contributed by atoms with Crippen LogP contribution in [0.5, 0.6) is 0 Å². The molecule has 0 bridgehead atoms. The van der Waals surface area contributed by atoms with E-state index >= 15 is 0 Å². The molecule has 0 heterocycles. The summed E-state index contributed by atoms with van der Waals surface area (Å²) in [6.07, 6.45) is 4.69. The number of carbonyl (C=O) groups excluding carboxylic acids is 2. The van der Waals surface area contributed by atoms with Crippen molar-refractivity contribution in [3.05, 3.63) is 24.3 Å². The minimum atomic E-state index is -0.232. The van der Waals surface area contributed by atoms with Crippen molar-refractivity contribution in [3.8, 4) is 0 Å². The Balaban J connectivity index is 1.91. The van der Waals surface area contributed by atoms with Crippen molar-refractivity contribution in [2.45, 2.75) is 52.9 Å². The number of carbonyl (C=O) groups is 2. The van der Waals surface area contributed by atoms with Crippen molar-refractivity contribution in [3.63, 3.8) is 0 Å². The first kappa shape index (κ1) is 16.5. The maximum absolute atomic E-state index is 12.3. The van der Waals surface area contributed by atoms with Gasteiger partial charge in [0.2, 0.25) is 11.8 Å². The van der Waals surface area contributed by atoms with Gasteiger partial charge in [-0.15, -0.1) is 0 Å². The predicted octanol–water partition coefficient (Wildman–Crippen LogP) is 4.19. The number of hydrogen-bond donors (Lipinski definition) is 2. The molecular formula is C18H26N2O2. The minimum absolute atomic E-state index is 0.0188. The zero-order valence-electron chi connectivity index (χ0n) is 13.7. The van der Waals surface area contributed by atoms with Gasteiger partial charge >= 0.3 is 0 Å². The molecule has 0 unspecified atom stereocenters. The summed E-state index contributed by atoms with van der Waals surface area (Å²) in [6, 6.07) is 7.32. The number of hydrogen-bond acceptors (Lipinski definition) is 2. The molecule has 2 amide bonds. The normalized spacial score (nSPS) is 16.5. The SMILES string of the molecule is CC(C)CC(=O)Nc1ccc(NC(=O)C2(C)CCCC2)cc1. The summed E-state index contributed by atoms with van der Waals surface area (Å²) in [6.45, 7) is 6.07. The van der Waals surface area contributed by atoms with E-state index in [4.69, 9.17) is 0 Å². The van der Waals surface area contributed by atoms with Gasteiger partial charge in [0.25, 0.3) is 0 Å². The van der Waals surface area contributed by atoms with Gasteiger partial charge in [0.05, 0.1) is 0 Å². The highest BCUT2D eigenvalue weighted by Gasteiger charge is 2.36. The van der Waals surface area contributed by atoms with Gasteiger partial charge in [-0.2, -0.15) is 0 Å². The second-order valence-corrected chi connectivity index (χ2v) is 6.95. The van der Waals surface area contributed by atoms with Crippen LogP contribution in [0.1, 0.15) is 52.9 Å². The molecule has 4 heteroatoms. The quantitative estimate of drug-likeness (QED) is 0.856. The maximum Gasteiger partial charge on any atom is 0.230 e. The molecule has 4 nitrogen and oxygen atoms in total. The van der Waals surface area contributed by atoms with Crippen LogP contribution in [0.2, 0.25) is 0 Å². The predicted molar refractivity (Wildman–Crippen MR) is 89.7 cm³/mol. The minimum Gasteiger partial charge on any atom is -0.326 e. The smallest absolute Gasteiger partial charge is 0.230 e. The van der Waals surface area contributed by atoms with Crippen LogP contribution in [0.25, 0.3) is 0 Å². The average Bonchev–Trinajstić information content (AvgIpc) is 2.88. The first-order valence-electron chi connectivity index (χ1n) is 8.10. The molecule has 1 saturated carbocycles. The fourth-order valence-corrected chi connectivity index (χ4v) is 2.88. The number of amides is 2. The third kappa shape index (κ3) is 4.33. The van der Waals surface area contributed by atoms with Crippen LogP contribution >= 0.6 is 0 Å². The second kappa shape index (κ2) is 6.95. The number of benzene rings is 1. The molecule has 1 aliphatic carbocycles. The lowest BCUT2D eigenvalue weighted by Crippen LogP contribution is -2.30. The summed E-state index contributed by atoms with van der Waals surface area (Å²) in [5.74, 6) is 0.456. The zero-order valence-corrected chi connectivity index (χ0v) is 13.7. The zero-order chi connectivity index (χ0) is 16.2. The Morgan fingerprint density at radius 1 is 1.05 bits per heavy atom. The lowest BCUT2D eigenvalue weighted by molar-refractivity contribution is -0.124. The number of rotatable bonds is 5. The molecule has 0 atom stereocenters. The first-order chi connectivity index (χ1) is 10.4. The van der Waals surface area contributed by atoms with E-state index in [2.05, 4.69) is 10.6 Å². The highest BCUT2D eigenvalue weighted by molar-refractivity contribution is 5.96. The summed E-state index contributed by atoms with van der Waals surface area (Å²) >= 11 is 0. The summed E-state index contributed by atoms with van der Waals surface area (Å²) in [5.41, 5.74) is 1.31. The van der Waals surface area contributed by atoms with Crippen LogP contribution in [-0.4, -0.2) is 11.8 Å². The van der Waals surface area contributed by atoms with Crippen molar-refractivity contribution in [1.82, 2.24) is 0 Å². The summed E-state index contributed by atoms with van der Waals surface area (Å²) in [4.78, 5) is 24.1. The number of anilines is 2. The van der Waals surface area contributed by atoms with Crippen LogP contribution in [0, 0.1) is 11.3 Å². The van der Waals surface area contributed by atoms with Crippen molar-refractivity contribution in [1.29, 1.82) is 0 Å². The average molecular weight is 302 g/mol. The van der Waals surface area contributed by atoms with Crippen LogP contribution in [0.4, 0.5) is 11.4 Å². The van der Waals surface area contributed by atoms with Crippen LogP contribution in [0.3, 0.4) is 0 Å². The molecule has 1 aliphatic rings. The fourth-order valence-electron chi connectivity index (χ4n) is 2.88. The lowest BCUT2D eigenvalue weighted by atomic mass is 9.88. The van der Waals surface area contributed by atoms with E-state index < -0.39 is 0 Å². The van der Waals surface area contributed by atoms with Crippen LogP contribution in [0.15, 0.2) is 24.3 Å². The third-order valence-electron chi connectivity index (χ3n) is 4.28. The molecular weight excluding hydrogens is 276 g/mol. The van der Waals surface area contributed by atoms with Crippen molar-refractivity contribution >= 4 is 23.2 Å². The van der Waals surface area contributed by atoms with Crippen LogP contribution in [-0.2, 0) is 9.59 Å². The van der Waals surface area contributed by atoms with Gasteiger partial charge in [-0.25, -0.2) is 0 Å².